The predicted molar refractivity (Wildman–Crippen MR) is 62.1 cm³/mol. The number of piperazine rings is 1. The van der Waals surface area contributed by atoms with E-state index in [1.54, 1.807) is 0 Å². The van der Waals surface area contributed by atoms with Crippen LogP contribution in [0.5, 0.6) is 0 Å². The first-order valence-electron chi connectivity index (χ1n) is 6.59. The van der Waals surface area contributed by atoms with Gasteiger partial charge in [0.05, 0.1) is 6.04 Å². The minimum Gasteiger partial charge on any atom is -0.339 e. The zero-order valence-electron chi connectivity index (χ0n) is 9.74. The first-order valence-corrected chi connectivity index (χ1v) is 6.59. The fourth-order valence-electron chi connectivity index (χ4n) is 3.54. The van der Waals surface area contributed by atoms with Crippen LogP contribution in [0.2, 0.25) is 0 Å². The van der Waals surface area contributed by atoms with Crippen LogP contribution < -0.4 is 10.6 Å². The third-order valence-corrected chi connectivity index (χ3v) is 4.44. The van der Waals surface area contributed by atoms with Crippen molar-refractivity contribution in [2.75, 3.05) is 32.7 Å². The lowest BCUT2D eigenvalue weighted by Crippen LogP contribution is -2.53. The first kappa shape index (κ1) is 10.5. The molecule has 3 unspecified atom stereocenters. The van der Waals surface area contributed by atoms with Crippen molar-refractivity contribution in [2.45, 2.75) is 25.3 Å². The largest absolute Gasteiger partial charge is 0.339 e. The van der Waals surface area contributed by atoms with Gasteiger partial charge in [-0.2, -0.15) is 0 Å². The van der Waals surface area contributed by atoms with E-state index < -0.39 is 0 Å². The van der Waals surface area contributed by atoms with Gasteiger partial charge in [0.1, 0.15) is 0 Å². The monoisotopic (exact) mass is 223 g/mol. The quantitative estimate of drug-likeness (QED) is 0.647. The second kappa shape index (κ2) is 4.34. The van der Waals surface area contributed by atoms with Crippen molar-refractivity contribution in [2.24, 2.45) is 11.8 Å². The van der Waals surface area contributed by atoms with Crippen molar-refractivity contribution in [1.29, 1.82) is 0 Å². The van der Waals surface area contributed by atoms with Gasteiger partial charge in [-0.05, 0) is 31.2 Å². The minimum atomic E-state index is 0.130. The van der Waals surface area contributed by atoms with Crippen LogP contribution in [0.4, 0.5) is 0 Å². The molecule has 1 amide bonds. The molecule has 4 heteroatoms. The number of hydrogen-bond acceptors (Lipinski definition) is 3. The van der Waals surface area contributed by atoms with E-state index in [4.69, 9.17) is 0 Å². The minimum absolute atomic E-state index is 0.130. The summed E-state index contributed by atoms with van der Waals surface area (Å²) in [5.41, 5.74) is 0. The fraction of sp³-hybridized carbons (Fsp3) is 0.917. The second-order valence-corrected chi connectivity index (χ2v) is 5.32. The van der Waals surface area contributed by atoms with Gasteiger partial charge >= 0.3 is 0 Å². The van der Waals surface area contributed by atoms with Crippen LogP contribution in [-0.2, 0) is 4.79 Å². The van der Waals surface area contributed by atoms with Crippen molar-refractivity contribution >= 4 is 5.91 Å². The molecule has 3 atom stereocenters. The summed E-state index contributed by atoms with van der Waals surface area (Å²) in [6.07, 6.45) is 3.89. The van der Waals surface area contributed by atoms with Crippen molar-refractivity contribution in [3.05, 3.63) is 0 Å². The van der Waals surface area contributed by atoms with E-state index in [0.29, 0.717) is 11.8 Å². The van der Waals surface area contributed by atoms with Gasteiger partial charge in [0.2, 0.25) is 5.91 Å². The Kier molecular flexibility index (Phi) is 2.86. The number of nitrogens with zero attached hydrogens (tertiary/aromatic N) is 1. The van der Waals surface area contributed by atoms with Crippen molar-refractivity contribution < 1.29 is 4.79 Å². The molecule has 0 aromatic carbocycles. The Morgan fingerprint density at radius 1 is 1.19 bits per heavy atom. The van der Waals surface area contributed by atoms with E-state index in [1.807, 2.05) is 4.90 Å². The summed E-state index contributed by atoms with van der Waals surface area (Å²) in [6, 6.07) is 0.130. The summed E-state index contributed by atoms with van der Waals surface area (Å²) in [5.74, 6) is 1.76. The van der Waals surface area contributed by atoms with Gasteiger partial charge in [-0.1, -0.05) is 6.42 Å². The highest BCUT2D eigenvalue weighted by atomic mass is 16.2. The average Bonchev–Trinajstić information content (AvgIpc) is 2.91. The number of rotatable bonds is 1. The molecule has 0 aromatic heterocycles. The zero-order chi connectivity index (χ0) is 11.0. The van der Waals surface area contributed by atoms with E-state index in [0.717, 1.165) is 38.6 Å². The predicted octanol–water partition coefficient (Wildman–Crippen LogP) is -0.194. The summed E-state index contributed by atoms with van der Waals surface area (Å²) in [6.45, 7) is 4.73. The Balaban J connectivity index is 1.65. The summed E-state index contributed by atoms with van der Waals surface area (Å²) in [4.78, 5) is 14.4. The fourth-order valence-corrected chi connectivity index (χ4v) is 3.54. The van der Waals surface area contributed by atoms with Crippen molar-refractivity contribution in [3.8, 4) is 0 Å². The number of nitrogens with one attached hydrogen (secondary N) is 2. The molecule has 0 aromatic rings. The number of hydrogen-bond donors (Lipinski definition) is 2. The smallest absolute Gasteiger partial charge is 0.240 e. The summed E-state index contributed by atoms with van der Waals surface area (Å²) in [7, 11) is 0. The third kappa shape index (κ3) is 1.74. The lowest BCUT2D eigenvalue weighted by Gasteiger charge is -2.31. The Hall–Kier alpha value is -0.610. The van der Waals surface area contributed by atoms with E-state index in [1.165, 1.54) is 19.3 Å². The highest BCUT2D eigenvalue weighted by molar-refractivity contribution is 5.82. The lowest BCUT2D eigenvalue weighted by atomic mass is 9.93. The second-order valence-electron chi connectivity index (χ2n) is 5.32. The molecular formula is C12H21N3O. The summed E-state index contributed by atoms with van der Waals surface area (Å²) >= 11 is 0. The van der Waals surface area contributed by atoms with Gasteiger partial charge in [-0.25, -0.2) is 0 Å². The molecule has 2 heterocycles. The standard InChI is InChI=1S/C12H21N3O/c16-12(15-6-4-13-5-7-15)11-10-3-1-2-9(10)8-14-11/h9-11,13-14H,1-8H2. The van der Waals surface area contributed by atoms with Gasteiger partial charge in [-0.15, -0.1) is 0 Å². The lowest BCUT2D eigenvalue weighted by molar-refractivity contribution is -0.134. The third-order valence-electron chi connectivity index (χ3n) is 4.44. The molecule has 16 heavy (non-hydrogen) atoms. The normalized spacial score (nSPS) is 38.8. The molecule has 3 aliphatic rings. The Bertz CT molecular complexity index is 275. The summed E-state index contributed by atoms with van der Waals surface area (Å²) < 4.78 is 0. The van der Waals surface area contributed by atoms with Crippen molar-refractivity contribution in [3.63, 3.8) is 0 Å². The molecule has 1 saturated carbocycles. The van der Waals surface area contributed by atoms with Gasteiger partial charge in [0.25, 0.3) is 0 Å². The van der Waals surface area contributed by atoms with Crippen LogP contribution in [0.3, 0.4) is 0 Å². The van der Waals surface area contributed by atoms with Crippen LogP contribution in [0.15, 0.2) is 0 Å². The summed E-state index contributed by atoms with van der Waals surface area (Å²) in [5, 5.41) is 6.74. The molecule has 4 nitrogen and oxygen atoms in total. The van der Waals surface area contributed by atoms with Gasteiger partial charge in [0, 0.05) is 26.2 Å². The molecule has 3 fully saturated rings. The topological polar surface area (TPSA) is 44.4 Å². The van der Waals surface area contributed by atoms with Crippen molar-refractivity contribution in [1.82, 2.24) is 15.5 Å². The highest BCUT2D eigenvalue weighted by Gasteiger charge is 2.43. The van der Waals surface area contributed by atoms with E-state index >= 15 is 0 Å². The van der Waals surface area contributed by atoms with Gasteiger partial charge < -0.3 is 15.5 Å². The number of carbonyl (C=O) groups excluding carboxylic acids is 1. The van der Waals surface area contributed by atoms with Gasteiger partial charge in [0.15, 0.2) is 0 Å². The molecule has 2 aliphatic heterocycles. The van der Waals surface area contributed by atoms with Crippen LogP contribution in [-0.4, -0.2) is 49.6 Å². The number of fused-ring (bicyclic) bond motifs is 1. The Morgan fingerprint density at radius 3 is 2.81 bits per heavy atom. The number of carbonyl (C=O) groups is 1. The molecule has 2 N–H and O–H groups in total. The maximum absolute atomic E-state index is 12.4. The molecule has 3 rings (SSSR count). The maximum atomic E-state index is 12.4. The van der Waals surface area contributed by atoms with Crippen LogP contribution in [0, 0.1) is 11.8 Å². The Labute approximate surface area is 96.8 Å². The molecule has 90 valence electrons. The van der Waals surface area contributed by atoms with E-state index in [9.17, 15) is 4.79 Å². The first-order chi connectivity index (χ1) is 7.86. The molecule has 1 aliphatic carbocycles. The molecule has 2 saturated heterocycles. The SMILES string of the molecule is O=C(C1NCC2CCCC21)N1CCNCC1. The van der Waals surface area contributed by atoms with Crippen LogP contribution in [0.1, 0.15) is 19.3 Å². The molecule has 0 bridgehead atoms. The zero-order valence-corrected chi connectivity index (χ0v) is 9.74. The highest BCUT2D eigenvalue weighted by Crippen LogP contribution is 2.38. The molecular weight excluding hydrogens is 202 g/mol. The van der Waals surface area contributed by atoms with Crippen LogP contribution in [0.25, 0.3) is 0 Å². The number of amides is 1. The molecule has 0 spiro atoms. The van der Waals surface area contributed by atoms with Crippen LogP contribution >= 0.6 is 0 Å². The average molecular weight is 223 g/mol. The van der Waals surface area contributed by atoms with Gasteiger partial charge in [-0.3, -0.25) is 4.79 Å². The van der Waals surface area contributed by atoms with E-state index in [2.05, 4.69) is 10.6 Å². The molecule has 0 radical (unpaired) electrons. The Morgan fingerprint density at radius 2 is 2.00 bits per heavy atom. The van der Waals surface area contributed by atoms with E-state index in [-0.39, 0.29) is 6.04 Å². The maximum Gasteiger partial charge on any atom is 0.240 e.